The van der Waals surface area contributed by atoms with Crippen molar-refractivity contribution in [1.82, 2.24) is 5.32 Å². The molecule has 0 aliphatic carbocycles. The number of nitrogens with one attached hydrogen (secondary N) is 1. The molecule has 3 nitrogen and oxygen atoms in total. The topological polar surface area (TPSA) is 30.5 Å². The zero-order chi connectivity index (χ0) is 14.3. The van der Waals surface area contributed by atoms with E-state index in [1.165, 1.54) is 0 Å². The number of thioether (sulfide) groups is 1. The van der Waals surface area contributed by atoms with Crippen molar-refractivity contribution in [3.05, 3.63) is 23.8 Å². The number of hydrogen-bond donors (Lipinski definition) is 1. The molecule has 0 aliphatic rings. The highest BCUT2D eigenvalue weighted by molar-refractivity contribution is 7.99. The van der Waals surface area contributed by atoms with Crippen molar-refractivity contribution in [2.75, 3.05) is 25.7 Å². The van der Waals surface area contributed by atoms with Gasteiger partial charge in [-0.3, -0.25) is 0 Å². The number of hydrogen-bond acceptors (Lipinski definition) is 4. The van der Waals surface area contributed by atoms with E-state index in [-0.39, 0.29) is 6.04 Å². The van der Waals surface area contributed by atoms with Gasteiger partial charge in [0.05, 0.1) is 14.2 Å². The van der Waals surface area contributed by atoms with Crippen molar-refractivity contribution in [2.24, 2.45) is 0 Å². The van der Waals surface area contributed by atoms with Gasteiger partial charge in [-0.25, -0.2) is 0 Å². The summed E-state index contributed by atoms with van der Waals surface area (Å²) in [4.78, 5) is 0. The maximum Gasteiger partial charge on any atom is 0.127 e. The number of rotatable bonds is 8. The van der Waals surface area contributed by atoms with Crippen molar-refractivity contribution in [2.45, 2.75) is 32.9 Å². The monoisotopic (exact) mass is 283 g/mol. The third-order valence-corrected chi connectivity index (χ3v) is 4.16. The molecule has 0 heterocycles. The molecule has 1 N–H and O–H groups in total. The van der Waals surface area contributed by atoms with E-state index in [9.17, 15) is 0 Å². The van der Waals surface area contributed by atoms with Gasteiger partial charge in [0.25, 0.3) is 0 Å². The Labute approximate surface area is 121 Å². The predicted molar refractivity (Wildman–Crippen MR) is 83.6 cm³/mol. The second kappa shape index (κ2) is 8.33. The second-order valence-corrected chi connectivity index (χ2v) is 5.88. The predicted octanol–water partition coefficient (Wildman–Crippen LogP) is 3.50. The van der Waals surface area contributed by atoms with Gasteiger partial charge in [-0.1, -0.05) is 13.0 Å². The zero-order valence-electron chi connectivity index (χ0n) is 12.5. The van der Waals surface area contributed by atoms with E-state index < -0.39 is 0 Å². The summed E-state index contributed by atoms with van der Waals surface area (Å²) in [5.41, 5.74) is 1.16. The fourth-order valence-corrected chi connectivity index (χ4v) is 2.72. The minimum Gasteiger partial charge on any atom is -0.497 e. The van der Waals surface area contributed by atoms with Crippen molar-refractivity contribution in [3.8, 4) is 11.5 Å². The third kappa shape index (κ3) is 4.96. The lowest BCUT2D eigenvalue weighted by Gasteiger charge is -2.22. The Morgan fingerprint density at radius 1 is 1.21 bits per heavy atom. The van der Waals surface area contributed by atoms with Gasteiger partial charge in [0.1, 0.15) is 11.5 Å². The molecule has 0 fully saturated rings. The molecule has 0 spiro atoms. The summed E-state index contributed by atoms with van der Waals surface area (Å²) in [6.45, 7) is 6.57. The first-order valence-corrected chi connectivity index (χ1v) is 7.83. The van der Waals surface area contributed by atoms with Gasteiger partial charge in [0, 0.05) is 29.5 Å². The first kappa shape index (κ1) is 16.2. The largest absolute Gasteiger partial charge is 0.497 e. The molecular formula is C15H25NO2S. The van der Waals surface area contributed by atoms with Crippen LogP contribution in [0.25, 0.3) is 0 Å². The Balaban J connectivity index is 2.72. The smallest absolute Gasteiger partial charge is 0.127 e. The van der Waals surface area contributed by atoms with Crippen LogP contribution in [0.4, 0.5) is 0 Å². The lowest BCUT2D eigenvalue weighted by atomic mass is 10.1. The highest BCUT2D eigenvalue weighted by atomic mass is 32.2. The Bertz CT molecular complexity index is 384. The van der Waals surface area contributed by atoms with Crippen LogP contribution in [0, 0.1) is 0 Å². The van der Waals surface area contributed by atoms with Gasteiger partial charge in [-0.15, -0.1) is 0 Å². The molecule has 19 heavy (non-hydrogen) atoms. The number of benzene rings is 1. The first-order valence-electron chi connectivity index (χ1n) is 6.68. The number of ether oxygens (including phenoxy) is 2. The minimum atomic E-state index is 0.258. The van der Waals surface area contributed by atoms with Crippen LogP contribution in [-0.2, 0) is 0 Å². The molecule has 2 atom stereocenters. The first-order chi connectivity index (χ1) is 9.12. The average molecular weight is 283 g/mol. The van der Waals surface area contributed by atoms with Crippen molar-refractivity contribution < 1.29 is 9.47 Å². The summed E-state index contributed by atoms with van der Waals surface area (Å²) >= 11 is 1.96. The van der Waals surface area contributed by atoms with Crippen LogP contribution < -0.4 is 14.8 Å². The van der Waals surface area contributed by atoms with Gasteiger partial charge in [-0.2, -0.15) is 11.8 Å². The average Bonchev–Trinajstić information content (AvgIpc) is 2.44. The SMILES string of the molecule is CCSCC(C)NC(C)c1ccc(OC)cc1OC. The molecular weight excluding hydrogens is 258 g/mol. The van der Waals surface area contributed by atoms with Crippen LogP contribution in [0.3, 0.4) is 0 Å². The van der Waals surface area contributed by atoms with E-state index in [4.69, 9.17) is 9.47 Å². The minimum absolute atomic E-state index is 0.258. The van der Waals surface area contributed by atoms with E-state index in [2.05, 4.69) is 32.2 Å². The Kier molecular flexibility index (Phi) is 7.10. The fraction of sp³-hybridized carbons (Fsp3) is 0.600. The van der Waals surface area contributed by atoms with Gasteiger partial charge < -0.3 is 14.8 Å². The second-order valence-electron chi connectivity index (χ2n) is 4.56. The van der Waals surface area contributed by atoms with Crippen molar-refractivity contribution >= 4 is 11.8 Å². The molecule has 0 saturated carbocycles. The molecule has 108 valence electrons. The maximum atomic E-state index is 5.45. The summed E-state index contributed by atoms with van der Waals surface area (Å²) in [6, 6.07) is 6.70. The van der Waals surface area contributed by atoms with Crippen molar-refractivity contribution in [3.63, 3.8) is 0 Å². The van der Waals surface area contributed by atoms with E-state index in [0.717, 1.165) is 28.6 Å². The van der Waals surface area contributed by atoms with Gasteiger partial charge in [-0.05, 0) is 25.7 Å². The standard InChI is InChI=1S/C15H25NO2S/c1-6-19-10-11(2)16-12(3)14-8-7-13(17-4)9-15(14)18-5/h7-9,11-12,16H,6,10H2,1-5H3. The van der Waals surface area contributed by atoms with Crippen LogP contribution in [0.5, 0.6) is 11.5 Å². The van der Waals surface area contributed by atoms with Gasteiger partial charge in [0.2, 0.25) is 0 Å². The number of methoxy groups -OCH3 is 2. The highest BCUT2D eigenvalue weighted by Crippen LogP contribution is 2.29. The summed E-state index contributed by atoms with van der Waals surface area (Å²) < 4.78 is 10.7. The maximum absolute atomic E-state index is 5.45. The quantitative estimate of drug-likeness (QED) is 0.791. The Hall–Kier alpha value is -0.870. The summed E-state index contributed by atoms with van der Waals surface area (Å²) in [5, 5.41) is 3.60. The molecule has 1 aromatic rings. The van der Waals surface area contributed by atoms with E-state index in [1.54, 1.807) is 14.2 Å². The highest BCUT2D eigenvalue weighted by Gasteiger charge is 2.14. The van der Waals surface area contributed by atoms with Gasteiger partial charge in [0.15, 0.2) is 0 Å². The molecule has 0 amide bonds. The molecule has 1 rings (SSSR count). The van der Waals surface area contributed by atoms with E-state index >= 15 is 0 Å². The summed E-state index contributed by atoms with van der Waals surface area (Å²) in [6.07, 6.45) is 0. The van der Waals surface area contributed by atoms with E-state index in [0.29, 0.717) is 6.04 Å². The van der Waals surface area contributed by atoms with Crippen LogP contribution in [0.2, 0.25) is 0 Å². The molecule has 4 heteroatoms. The molecule has 0 bridgehead atoms. The van der Waals surface area contributed by atoms with Crippen LogP contribution in [0.1, 0.15) is 32.4 Å². The van der Waals surface area contributed by atoms with Gasteiger partial charge >= 0.3 is 0 Å². The van der Waals surface area contributed by atoms with Crippen LogP contribution in [0.15, 0.2) is 18.2 Å². The molecule has 0 aromatic heterocycles. The zero-order valence-corrected chi connectivity index (χ0v) is 13.3. The molecule has 2 unspecified atom stereocenters. The normalized spacial score (nSPS) is 13.9. The van der Waals surface area contributed by atoms with Crippen LogP contribution >= 0.6 is 11.8 Å². The Morgan fingerprint density at radius 2 is 1.95 bits per heavy atom. The van der Waals surface area contributed by atoms with Crippen LogP contribution in [-0.4, -0.2) is 31.8 Å². The molecule has 0 saturated heterocycles. The molecule has 0 radical (unpaired) electrons. The lowest BCUT2D eigenvalue weighted by Crippen LogP contribution is -2.31. The molecule has 1 aromatic carbocycles. The lowest BCUT2D eigenvalue weighted by molar-refractivity contribution is 0.384. The van der Waals surface area contributed by atoms with Crippen molar-refractivity contribution in [1.29, 1.82) is 0 Å². The fourth-order valence-electron chi connectivity index (χ4n) is 2.04. The molecule has 0 aliphatic heterocycles. The third-order valence-electron chi connectivity index (χ3n) is 3.01. The Morgan fingerprint density at radius 3 is 2.53 bits per heavy atom. The van der Waals surface area contributed by atoms with E-state index in [1.807, 2.05) is 23.9 Å². The summed E-state index contributed by atoms with van der Waals surface area (Å²) in [5.74, 6) is 3.98. The summed E-state index contributed by atoms with van der Waals surface area (Å²) in [7, 11) is 3.36.